The number of ether oxygens (including phenoxy) is 1. The van der Waals surface area contributed by atoms with Crippen molar-refractivity contribution >= 4 is 5.91 Å². The lowest BCUT2D eigenvalue weighted by Crippen LogP contribution is -2.54. The molecule has 2 aliphatic rings. The summed E-state index contributed by atoms with van der Waals surface area (Å²) in [7, 11) is 0. The molecular formula is C19H23N3O2. The SMILES string of the molecule is O=C(c1cnn(Cc2ccccc2)c1)N1CCO[C@H]2CCCC[C@@H]21. The highest BCUT2D eigenvalue weighted by molar-refractivity contribution is 5.94. The number of amides is 1. The van der Waals surface area contributed by atoms with E-state index in [4.69, 9.17) is 4.74 Å². The summed E-state index contributed by atoms with van der Waals surface area (Å²) >= 11 is 0. The molecule has 0 bridgehead atoms. The molecule has 0 unspecified atom stereocenters. The van der Waals surface area contributed by atoms with Gasteiger partial charge in [-0.1, -0.05) is 43.2 Å². The van der Waals surface area contributed by atoms with Gasteiger partial charge < -0.3 is 9.64 Å². The Kier molecular flexibility index (Phi) is 4.34. The van der Waals surface area contributed by atoms with Crippen LogP contribution in [0.3, 0.4) is 0 Å². The van der Waals surface area contributed by atoms with Crippen LogP contribution in [-0.4, -0.2) is 45.9 Å². The molecular weight excluding hydrogens is 302 g/mol. The third-order valence-electron chi connectivity index (χ3n) is 5.06. The summed E-state index contributed by atoms with van der Waals surface area (Å²) in [5.41, 5.74) is 1.86. The Morgan fingerprint density at radius 3 is 2.92 bits per heavy atom. The highest BCUT2D eigenvalue weighted by Crippen LogP contribution is 2.29. The molecule has 1 aromatic heterocycles. The summed E-state index contributed by atoms with van der Waals surface area (Å²) in [5.74, 6) is 0.0921. The fraction of sp³-hybridized carbons (Fsp3) is 0.474. The van der Waals surface area contributed by atoms with Gasteiger partial charge in [0.05, 0.1) is 37.1 Å². The maximum atomic E-state index is 12.9. The number of nitrogens with zero attached hydrogens (tertiary/aromatic N) is 3. The van der Waals surface area contributed by atoms with Crippen molar-refractivity contribution in [3.63, 3.8) is 0 Å². The molecule has 5 heteroatoms. The molecule has 1 aromatic carbocycles. The van der Waals surface area contributed by atoms with E-state index in [0.717, 1.165) is 12.8 Å². The molecule has 5 nitrogen and oxygen atoms in total. The maximum absolute atomic E-state index is 12.9. The molecule has 0 spiro atoms. The smallest absolute Gasteiger partial charge is 0.257 e. The van der Waals surface area contributed by atoms with Crippen molar-refractivity contribution < 1.29 is 9.53 Å². The molecule has 2 aromatic rings. The first-order chi connectivity index (χ1) is 11.8. The van der Waals surface area contributed by atoms with Gasteiger partial charge in [0, 0.05) is 12.7 Å². The van der Waals surface area contributed by atoms with E-state index in [1.807, 2.05) is 34.0 Å². The largest absolute Gasteiger partial charge is 0.374 e. The Hall–Kier alpha value is -2.14. The fourth-order valence-electron chi connectivity index (χ4n) is 3.85. The Bertz CT molecular complexity index is 696. The molecule has 2 fully saturated rings. The molecule has 1 saturated heterocycles. The Morgan fingerprint density at radius 1 is 1.21 bits per heavy atom. The summed E-state index contributed by atoms with van der Waals surface area (Å²) in [4.78, 5) is 14.9. The molecule has 1 amide bonds. The number of carbonyl (C=O) groups excluding carboxylic acids is 1. The van der Waals surface area contributed by atoms with Crippen molar-refractivity contribution in [2.75, 3.05) is 13.2 Å². The van der Waals surface area contributed by atoms with Crippen LogP contribution >= 0.6 is 0 Å². The van der Waals surface area contributed by atoms with Gasteiger partial charge in [0.25, 0.3) is 5.91 Å². The van der Waals surface area contributed by atoms with Crippen molar-refractivity contribution in [2.45, 2.75) is 44.4 Å². The zero-order valence-electron chi connectivity index (χ0n) is 13.8. The number of hydrogen-bond donors (Lipinski definition) is 0. The third kappa shape index (κ3) is 3.08. The molecule has 0 radical (unpaired) electrons. The molecule has 2 atom stereocenters. The van der Waals surface area contributed by atoms with E-state index in [2.05, 4.69) is 17.2 Å². The average Bonchev–Trinajstić information content (AvgIpc) is 3.10. The van der Waals surface area contributed by atoms with Crippen LogP contribution in [0, 0.1) is 0 Å². The summed E-state index contributed by atoms with van der Waals surface area (Å²) in [6, 6.07) is 10.4. The first-order valence-electron chi connectivity index (χ1n) is 8.80. The zero-order chi connectivity index (χ0) is 16.4. The van der Waals surface area contributed by atoms with Crippen LogP contribution in [0.2, 0.25) is 0 Å². The second kappa shape index (κ2) is 6.77. The first-order valence-corrected chi connectivity index (χ1v) is 8.80. The van der Waals surface area contributed by atoms with Gasteiger partial charge in [0.15, 0.2) is 0 Å². The lowest BCUT2D eigenvalue weighted by molar-refractivity contribution is -0.0752. The van der Waals surface area contributed by atoms with Crippen LogP contribution in [0.1, 0.15) is 41.6 Å². The van der Waals surface area contributed by atoms with Crippen LogP contribution in [0.4, 0.5) is 0 Å². The maximum Gasteiger partial charge on any atom is 0.257 e. The summed E-state index contributed by atoms with van der Waals surface area (Å²) in [5, 5.41) is 4.37. The van der Waals surface area contributed by atoms with E-state index in [-0.39, 0.29) is 18.1 Å². The Labute approximate surface area is 142 Å². The quantitative estimate of drug-likeness (QED) is 0.872. The van der Waals surface area contributed by atoms with Gasteiger partial charge in [-0.05, 0) is 18.4 Å². The van der Waals surface area contributed by atoms with Crippen LogP contribution in [-0.2, 0) is 11.3 Å². The van der Waals surface area contributed by atoms with Crippen molar-refractivity contribution in [1.82, 2.24) is 14.7 Å². The van der Waals surface area contributed by atoms with E-state index < -0.39 is 0 Å². The average molecular weight is 325 g/mol. The van der Waals surface area contributed by atoms with E-state index >= 15 is 0 Å². The highest BCUT2D eigenvalue weighted by Gasteiger charge is 2.37. The monoisotopic (exact) mass is 325 g/mol. The van der Waals surface area contributed by atoms with Gasteiger partial charge in [-0.2, -0.15) is 5.10 Å². The molecule has 1 saturated carbocycles. The number of fused-ring (bicyclic) bond motifs is 1. The second-order valence-corrected chi connectivity index (χ2v) is 6.67. The van der Waals surface area contributed by atoms with Crippen LogP contribution in [0.25, 0.3) is 0 Å². The minimum absolute atomic E-state index is 0.0921. The Balaban J connectivity index is 1.48. The van der Waals surface area contributed by atoms with Crippen LogP contribution in [0.15, 0.2) is 42.7 Å². The van der Waals surface area contributed by atoms with Gasteiger partial charge in [-0.15, -0.1) is 0 Å². The summed E-state index contributed by atoms with van der Waals surface area (Å²) < 4.78 is 7.70. The second-order valence-electron chi connectivity index (χ2n) is 6.67. The minimum atomic E-state index is 0.0921. The first kappa shape index (κ1) is 15.4. The zero-order valence-corrected chi connectivity index (χ0v) is 13.8. The van der Waals surface area contributed by atoms with Crippen LogP contribution in [0.5, 0.6) is 0 Å². The van der Waals surface area contributed by atoms with Crippen molar-refractivity contribution in [3.8, 4) is 0 Å². The van der Waals surface area contributed by atoms with Gasteiger partial charge >= 0.3 is 0 Å². The number of morpholine rings is 1. The van der Waals surface area contributed by atoms with Crippen molar-refractivity contribution in [3.05, 3.63) is 53.9 Å². The molecule has 24 heavy (non-hydrogen) atoms. The highest BCUT2D eigenvalue weighted by atomic mass is 16.5. The topological polar surface area (TPSA) is 47.4 Å². The lowest BCUT2D eigenvalue weighted by Gasteiger charge is -2.43. The number of aromatic nitrogens is 2. The van der Waals surface area contributed by atoms with Crippen molar-refractivity contribution in [2.24, 2.45) is 0 Å². The van der Waals surface area contributed by atoms with Crippen LogP contribution < -0.4 is 0 Å². The molecule has 126 valence electrons. The standard InChI is InChI=1S/C19H23N3O2/c23-19(22-10-11-24-18-9-5-4-8-17(18)22)16-12-20-21(14-16)13-15-6-2-1-3-7-15/h1-3,6-7,12,14,17-18H,4-5,8-11,13H2/t17-,18-/m0/s1. The number of hydrogen-bond acceptors (Lipinski definition) is 3. The normalized spacial score (nSPS) is 23.8. The predicted molar refractivity (Wildman–Crippen MR) is 90.8 cm³/mol. The molecule has 4 rings (SSSR count). The van der Waals surface area contributed by atoms with Gasteiger partial charge in [-0.25, -0.2) is 0 Å². The molecule has 1 aliphatic heterocycles. The fourth-order valence-corrected chi connectivity index (χ4v) is 3.85. The predicted octanol–water partition coefficient (Wildman–Crippen LogP) is 2.72. The number of benzene rings is 1. The summed E-state index contributed by atoms with van der Waals surface area (Å²) in [6.07, 6.45) is 8.29. The Morgan fingerprint density at radius 2 is 2.04 bits per heavy atom. The third-order valence-corrected chi connectivity index (χ3v) is 5.06. The van der Waals surface area contributed by atoms with Gasteiger partial charge in [-0.3, -0.25) is 9.48 Å². The summed E-state index contributed by atoms with van der Waals surface area (Å²) in [6.45, 7) is 2.01. The number of carbonyl (C=O) groups is 1. The van der Waals surface area contributed by atoms with E-state index in [0.29, 0.717) is 25.3 Å². The molecule has 0 N–H and O–H groups in total. The van der Waals surface area contributed by atoms with Gasteiger partial charge in [0.2, 0.25) is 0 Å². The van der Waals surface area contributed by atoms with E-state index in [1.54, 1.807) is 6.20 Å². The number of rotatable bonds is 3. The van der Waals surface area contributed by atoms with E-state index in [1.165, 1.54) is 18.4 Å². The van der Waals surface area contributed by atoms with Gasteiger partial charge in [0.1, 0.15) is 0 Å². The van der Waals surface area contributed by atoms with E-state index in [9.17, 15) is 4.79 Å². The molecule has 2 heterocycles. The minimum Gasteiger partial charge on any atom is -0.374 e. The lowest BCUT2D eigenvalue weighted by atomic mass is 9.90. The van der Waals surface area contributed by atoms with Crippen molar-refractivity contribution in [1.29, 1.82) is 0 Å². The molecule has 1 aliphatic carbocycles.